The molecule has 0 saturated heterocycles. The fraction of sp³-hybridized carbons (Fsp3) is 0.348. The van der Waals surface area contributed by atoms with E-state index in [9.17, 15) is 4.39 Å². The van der Waals surface area contributed by atoms with Crippen LogP contribution in [-0.4, -0.2) is 17.2 Å². The van der Waals surface area contributed by atoms with Crippen LogP contribution < -0.4 is 9.47 Å². The molecule has 0 N–H and O–H groups in total. The summed E-state index contributed by atoms with van der Waals surface area (Å²) in [6, 6.07) is 14.8. The predicted molar refractivity (Wildman–Crippen MR) is 107 cm³/mol. The lowest BCUT2D eigenvalue weighted by atomic mass is 10.00. The Bertz CT molecular complexity index is 889. The summed E-state index contributed by atoms with van der Waals surface area (Å²) in [7, 11) is 0. The Morgan fingerprint density at radius 1 is 1.00 bits per heavy atom. The third kappa shape index (κ3) is 4.57. The molecule has 0 aliphatic carbocycles. The van der Waals surface area contributed by atoms with Crippen LogP contribution in [-0.2, 0) is 6.42 Å². The maximum absolute atomic E-state index is 13.8. The lowest BCUT2D eigenvalue weighted by Gasteiger charge is -2.28. The summed E-state index contributed by atoms with van der Waals surface area (Å²) < 4.78 is 25.8. The third-order valence-corrected chi connectivity index (χ3v) is 5.11. The quantitative estimate of drug-likeness (QED) is 0.493. The van der Waals surface area contributed by atoms with E-state index in [1.54, 1.807) is 18.3 Å². The Balaban J connectivity index is 1.61. The van der Waals surface area contributed by atoms with E-state index in [1.165, 1.54) is 11.6 Å². The number of pyridine rings is 1. The molecule has 1 heterocycles. The first-order valence-corrected chi connectivity index (χ1v) is 9.48. The molecule has 0 radical (unpaired) electrons. The van der Waals surface area contributed by atoms with Crippen molar-refractivity contribution in [3.8, 4) is 11.5 Å². The van der Waals surface area contributed by atoms with Crippen molar-refractivity contribution in [2.75, 3.05) is 6.61 Å². The summed E-state index contributed by atoms with van der Waals surface area (Å²) in [5, 5.41) is 0.694. The molecule has 0 spiro atoms. The van der Waals surface area contributed by atoms with E-state index in [0.29, 0.717) is 23.3 Å². The molecule has 1 aromatic heterocycles. The van der Waals surface area contributed by atoms with Crippen LogP contribution in [0.1, 0.15) is 39.2 Å². The molecule has 3 aromatic rings. The Kier molecular flexibility index (Phi) is 5.94. The number of para-hydroxylation sites is 1. The van der Waals surface area contributed by atoms with Crippen LogP contribution in [0, 0.1) is 5.82 Å². The Labute approximate surface area is 160 Å². The van der Waals surface area contributed by atoms with Gasteiger partial charge < -0.3 is 9.47 Å². The van der Waals surface area contributed by atoms with Gasteiger partial charge in [-0.1, -0.05) is 32.0 Å². The molecule has 3 nitrogen and oxygen atoms in total. The van der Waals surface area contributed by atoms with E-state index in [1.807, 2.05) is 18.2 Å². The van der Waals surface area contributed by atoms with Gasteiger partial charge in [-0.2, -0.15) is 0 Å². The fourth-order valence-corrected chi connectivity index (χ4v) is 2.92. The van der Waals surface area contributed by atoms with Crippen molar-refractivity contribution < 1.29 is 13.9 Å². The number of fused-ring (bicyclic) bond motifs is 1. The Morgan fingerprint density at radius 3 is 2.44 bits per heavy atom. The Morgan fingerprint density at radius 2 is 1.74 bits per heavy atom. The molecule has 0 bridgehead atoms. The minimum absolute atomic E-state index is 0.123. The lowest BCUT2D eigenvalue weighted by molar-refractivity contribution is 0.0803. The number of halogens is 1. The maximum Gasteiger partial charge on any atom is 0.149 e. The molecule has 0 aliphatic rings. The molecule has 142 valence electrons. The average molecular weight is 367 g/mol. The molecule has 0 aliphatic heterocycles. The number of nitrogens with zero attached hydrogens (tertiary/aromatic N) is 1. The number of hydrogen-bond acceptors (Lipinski definition) is 3. The standard InChI is InChI=1S/C23H26FNO2/c1-4-23(3,5-2)27-18-11-9-17(10-12-18)14-16-26-21-13-15-25-22-19(21)7-6-8-20(22)24/h6-13,15H,4-5,14,16H2,1-3H3. The highest BCUT2D eigenvalue weighted by molar-refractivity contribution is 5.85. The predicted octanol–water partition coefficient (Wildman–Crippen LogP) is 5.95. The highest BCUT2D eigenvalue weighted by Gasteiger charge is 2.21. The van der Waals surface area contributed by atoms with Gasteiger partial charge in [0.05, 0.1) is 6.61 Å². The van der Waals surface area contributed by atoms with E-state index in [0.717, 1.165) is 25.0 Å². The van der Waals surface area contributed by atoms with Gasteiger partial charge in [0.2, 0.25) is 0 Å². The number of hydrogen-bond donors (Lipinski definition) is 0. The first-order valence-electron chi connectivity index (χ1n) is 9.48. The van der Waals surface area contributed by atoms with Gasteiger partial charge in [-0.25, -0.2) is 4.39 Å². The van der Waals surface area contributed by atoms with Crippen molar-refractivity contribution in [3.63, 3.8) is 0 Å². The summed E-state index contributed by atoms with van der Waals surface area (Å²) in [5.41, 5.74) is 1.38. The van der Waals surface area contributed by atoms with Gasteiger partial charge in [0.15, 0.2) is 0 Å². The topological polar surface area (TPSA) is 31.4 Å². The van der Waals surface area contributed by atoms with Crippen LogP contribution >= 0.6 is 0 Å². The number of ether oxygens (including phenoxy) is 2. The van der Waals surface area contributed by atoms with Gasteiger partial charge >= 0.3 is 0 Å². The molecule has 3 rings (SSSR count). The zero-order valence-electron chi connectivity index (χ0n) is 16.2. The summed E-state index contributed by atoms with van der Waals surface area (Å²) in [6.45, 7) is 6.93. The number of aromatic nitrogens is 1. The van der Waals surface area contributed by atoms with Crippen LogP contribution in [0.3, 0.4) is 0 Å². The summed E-state index contributed by atoms with van der Waals surface area (Å²) in [6.07, 6.45) is 4.28. The average Bonchev–Trinajstić information content (AvgIpc) is 2.70. The van der Waals surface area contributed by atoms with Crippen molar-refractivity contribution in [2.24, 2.45) is 0 Å². The van der Waals surface area contributed by atoms with Gasteiger partial charge in [0.1, 0.15) is 28.4 Å². The second-order valence-electron chi connectivity index (χ2n) is 6.95. The smallest absolute Gasteiger partial charge is 0.149 e. The SMILES string of the molecule is CCC(C)(CC)Oc1ccc(CCOc2ccnc3c(F)cccc23)cc1. The van der Waals surface area contributed by atoms with Crippen molar-refractivity contribution in [1.29, 1.82) is 0 Å². The number of benzene rings is 2. The van der Waals surface area contributed by atoms with E-state index in [-0.39, 0.29) is 11.4 Å². The van der Waals surface area contributed by atoms with Gasteiger partial charge in [0.25, 0.3) is 0 Å². The number of rotatable bonds is 8. The van der Waals surface area contributed by atoms with Crippen LogP contribution in [0.5, 0.6) is 11.5 Å². The zero-order chi connectivity index (χ0) is 19.3. The molecular formula is C23H26FNO2. The van der Waals surface area contributed by atoms with Gasteiger partial charge in [-0.05, 0) is 55.7 Å². The van der Waals surface area contributed by atoms with Gasteiger partial charge in [0, 0.05) is 18.0 Å². The minimum Gasteiger partial charge on any atom is -0.492 e. The van der Waals surface area contributed by atoms with E-state index in [4.69, 9.17) is 9.47 Å². The molecule has 0 fully saturated rings. The molecule has 0 atom stereocenters. The first kappa shape index (κ1) is 19.2. The Hall–Kier alpha value is -2.62. The molecule has 0 unspecified atom stereocenters. The largest absolute Gasteiger partial charge is 0.492 e. The molecule has 2 aromatic carbocycles. The molecule has 27 heavy (non-hydrogen) atoms. The van der Waals surface area contributed by atoms with E-state index in [2.05, 4.69) is 37.9 Å². The van der Waals surface area contributed by atoms with Gasteiger partial charge in [-0.15, -0.1) is 0 Å². The van der Waals surface area contributed by atoms with Crippen LogP contribution in [0.2, 0.25) is 0 Å². The van der Waals surface area contributed by atoms with Crippen molar-refractivity contribution in [1.82, 2.24) is 4.98 Å². The normalized spacial score (nSPS) is 11.6. The molecule has 0 amide bonds. The minimum atomic E-state index is -0.334. The summed E-state index contributed by atoms with van der Waals surface area (Å²) in [5.74, 6) is 1.21. The fourth-order valence-electron chi connectivity index (χ4n) is 2.92. The molecular weight excluding hydrogens is 341 g/mol. The second-order valence-corrected chi connectivity index (χ2v) is 6.95. The van der Waals surface area contributed by atoms with Crippen LogP contribution in [0.4, 0.5) is 4.39 Å². The van der Waals surface area contributed by atoms with Crippen molar-refractivity contribution in [3.05, 3.63) is 66.1 Å². The molecule has 0 saturated carbocycles. The van der Waals surface area contributed by atoms with E-state index < -0.39 is 0 Å². The zero-order valence-corrected chi connectivity index (χ0v) is 16.2. The second kappa shape index (κ2) is 8.38. The highest BCUT2D eigenvalue weighted by atomic mass is 19.1. The third-order valence-electron chi connectivity index (χ3n) is 5.11. The maximum atomic E-state index is 13.8. The first-order chi connectivity index (χ1) is 13.0. The highest BCUT2D eigenvalue weighted by Crippen LogP contribution is 2.26. The summed E-state index contributed by atoms with van der Waals surface area (Å²) in [4.78, 5) is 4.09. The lowest BCUT2D eigenvalue weighted by Crippen LogP contribution is -2.30. The van der Waals surface area contributed by atoms with Crippen molar-refractivity contribution in [2.45, 2.75) is 45.6 Å². The van der Waals surface area contributed by atoms with Gasteiger partial charge in [-0.3, -0.25) is 4.98 Å². The van der Waals surface area contributed by atoms with Crippen molar-refractivity contribution >= 4 is 10.9 Å². The van der Waals surface area contributed by atoms with Crippen LogP contribution in [0.25, 0.3) is 10.9 Å². The monoisotopic (exact) mass is 367 g/mol. The van der Waals surface area contributed by atoms with Crippen LogP contribution in [0.15, 0.2) is 54.7 Å². The molecule has 4 heteroatoms. The van der Waals surface area contributed by atoms with E-state index >= 15 is 0 Å². The summed E-state index contributed by atoms with van der Waals surface area (Å²) >= 11 is 0.